The molecule has 10 nitrogen and oxygen atoms in total. The number of nitrogens with one attached hydrogen (secondary N) is 1. The third kappa shape index (κ3) is 4.15. The van der Waals surface area contributed by atoms with Gasteiger partial charge in [0, 0.05) is 6.04 Å². The van der Waals surface area contributed by atoms with Gasteiger partial charge in [-0.05, 0) is 37.1 Å². The van der Waals surface area contributed by atoms with Gasteiger partial charge in [0.2, 0.25) is 5.95 Å². The number of phenolic OH excluding ortho intramolecular Hbond substituents is 1. The summed E-state index contributed by atoms with van der Waals surface area (Å²) < 4.78 is 1.65. The molecule has 0 aliphatic heterocycles. The second-order valence-corrected chi connectivity index (χ2v) is 5.88. The molecule has 26 heavy (non-hydrogen) atoms. The first kappa shape index (κ1) is 17.4. The molecule has 10 heteroatoms. The molecule has 1 aliphatic rings. The zero-order valence-corrected chi connectivity index (χ0v) is 13.9. The van der Waals surface area contributed by atoms with E-state index in [0.29, 0.717) is 23.2 Å². The maximum atomic E-state index is 9.39. The fraction of sp³-hybridized carbons (Fsp3) is 0.312. The Morgan fingerprint density at radius 1 is 1.23 bits per heavy atom. The average Bonchev–Trinajstić information content (AvgIpc) is 3.25. The number of rotatable bonds is 3. The predicted molar refractivity (Wildman–Crippen MR) is 94.2 cm³/mol. The number of carboxylic acid groups (broad SMARTS) is 1. The van der Waals surface area contributed by atoms with E-state index in [9.17, 15) is 5.11 Å². The van der Waals surface area contributed by atoms with Crippen molar-refractivity contribution in [2.45, 2.75) is 31.7 Å². The van der Waals surface area contributed by atoms with Crippen LogP contribution in [0.1, 0.15) is 25.7 Å². The fourth-order valence-electron chi connectivity index (χ4n) is 2.82. The van der Waals surface area contributed by atoms with Gasteiger partial charge in [-0.15, -0.1) is 5.10 Å². The molecule has 0 unspecified atom stereocenters. The molecule has 2 aromatic heterocycles. The topological polar surface area (TPSA) is 152 Å². The van der Waals surface area contributed by atoms with Crippen molar-refractivity contribution in [3.63, 3.8) is 0 Å². The molecule has 4 rings (SSSR count). The van der Waals surface area contributed by atoms with Crippen molar-refractivity contribution in [3.8, 4) is 11.4 Å². The Labute approximate surface area is 148 Å². The van der Waals surface area contributed by atoms with E-state index in [1.165, 1.54) is 12.8 Å². The highest BCUT2D eigenvalue weighted by molar-refractivity contribution is 5.72. The molecular formula is C16H19N7O3. The number of nitrogens with two attached hydrogens (primary N) is 1. The van der Waals surface area contributed by atoms with Crippen LogP contribution in [-0.2, 0) is 0 Å². The molecule has 1 fully saturated rings. The lowest BCUT2D eigenvalue weighted by Crippen LogP contribution is -2.16. The Morgan fingerprint density at radius 3 is 2.54 bits per heavy atom. The Hall–Kier alpha value is -3.43. The summed E-state index contributed by atoms with van der Waals surface area (Å²) in [7, 11) is 0. The standard InChI is InChI=1S/C15H16N6O.CH3NO2/c22-12-7-5-11(6-8-12)21-14-13(19-20-21)9-16-15(18-14)17-10-3-1-2-4-10;2-1(3)4/h5-10,22H,1-4H2,(H,16,17,18);2H2,(H,3,4). The van der Waals surface area contributed by atoms with Crippen molar-refractivity contribution >= 4 is 23.2 Å². The third-order valence-corrected chi connectivity index (χ3v) is 3.98. The van der Waals surface area contributed by atoms with E-state index in [2.05, 4.69) is 31.3 Å². The number of aromatic nitrogens is 5. The summed E-state index contributed by atoms with van der Waals surface area (Å²) in [4.78, 5) is 17.6. The number of aromatic hydroxyl groups is 1. The molecule has 3 aromatic rings. The van der Waals surface area contributed by atoms with E-state index >= 15 is 0 Å². The normalized spacial score (nSPS) is 14.0. The number of benzene rings is 1. The maximum absolute atomic E-state index is 9.39. The Morgan fingerprint density at radius 2 is 1.88 bits per heavy atom. The Kier molecular flexibility index (Phi) is 5.11. The molecule has 0 saturated heterocycles. The molecule has 2 heterocycles. The molecule has 1 aliphatic carbocycles. The van der Waals surface area contributed by atoms with Crippen molar-refractivity contribution in [1.82, 2.24) is 25.0 Å². The minimum Gasteiger partial charge on any atom is -0.508 e. The van der Waals surface area contributed by atoms with Gasteiger partial charge < -0.3 is 21.3 Å². The summed E-state index contributed by atoms with van der Waals surface area (Å²) in [6, 6.07) is 7.23. The SMILES string of the molecule is NC(=O)O.Oc1ccc(-n2nnc3cnc(NC4CCCC4)nc32)cc1. The van der Waals surface area contributed by atoms with Gasteiger partial charge in [-0.2, -0.15) is 9.67 Å². The van der Waals surface area contributed by atoms with Crippen LogP contribution >= 0.6 is 0 Å². The Bertz CT molecular complexity index is 884. The van der Waals surface area contributed by atoms with E-state index in [4.69, 9.17) is 9.90 Å². The second-order valence-electron chi connectivity index (χ2n) is 5.88. The molecule has 136 valence electrons. The first-order chi connectivity index (χ1) is 12.5. The van der Waals surface area contributed by atoms with Crippen molar-refractivity contribution in [3.05, 3.63) is 30.5 Å². The summed E-state index contributed by atoms with van der Waals surface area (Å²) in [5.41, 5.74) is 6.12. The highest BCUT2D eigenvalue weighted by Crippen LogP contribution is 2.22. The highest BCUT2D eigenvalue weighted by Gasteiger charge is 2.17. The number of nitrogens with zero attached hydrogens (tertiary/aromatic N) is 5. The summed E-state index contributed by atoms with van der Waals surface area (Å²) >= 11 is 0. The molecule has 0 atom stereocenters. The molecule has 0 radical (unpaired) electrons. The second kappa shape index (κ2) is 7.64. The number of carbonyl (C=O) groups is 1. The van der Waals surface area contributed by atoms with Crippen molar-refractivity contribution in [2.24, 2.45) is 5.73 Å². The lowest BCUT2D eigenvalue weighted by molar-refractivity contribution is 0.205. The van der Waals surface area contributed by atoms with Crippen LogP contribution < -0.4 is 11.1 Å². The van der Waals surface area contributed by atoms with Crippen LogP contribution in [0.4, 0.5) is 10.7 Å². The molecule has 0 bridgehead atoms. The molecule has 1 saturated carbocycles. The monoisotopic (exact) mass is 357 g/mol. The smallest absolute Gasteiger partial charge is 0.402 e. The lowest BCUT2D eigenvalue weighted by atomic mass is 10.2. The first-order valence-corrected chi connectivity index (χ1v) is 8.16. The highest BCUT2D eigenvalue weighted by atomic mass is 16.4. The third-order valence-electron chi connectivity index (χ3n) is 3.98. The largest absolute Gasteiger partial charge is 0.508 e. The van der Waals surface area contributed by atoms with Crippen LogP contribution in [0.15, 0.2) is 30.5 Å². The summed E-state index contributed by atoms with van der Waals surface area (Å²) in [6.45, 7) is 0. The van der Waals surface area contributed by atoms with Gasteiger partial charge in [0.1, 0.15) is 5.75 Å². The van der Waals surface area contributed by atoms with E-state index in [-0.39, 0.29) is 5.75 Å². The van der Waals surface area contributed by atoms with E-state index < -0.39 is 6.09 Å². The van der Waals surface area contributed by atoms with E-state index in [1.807, 2.05) is 0 Å². The lowest BCUT2D eigenvalue weighted by Gasteiger charge is -2.11. The van der Waals surface area contributed by atoms with Crippen molar-refractivity contribution in [2.75, 3.05) is 5.32 Å². The summed E-state index contributed by atoms with van der Waals surface area (Å²) in [5.74, 6) is 0.827. The van der Waals surface area contributed by atoms with Crippen LogP contribution in [0.2, 0.25) is 0 Å². The molecule has 5 N–H and O–H groups in total. The van der Waals surface area contributed by atoms with E-state index in [0.717, 1.165) is 18.5 Å². The van der Waals surface area contributed by atoms with Gasteiger partial charge >= 0.3 is 6.09 Å². The van der Waals surface area contributed by atoms with Crippen molar-refractivity contribution in [1.29, 1.82) is 0 Å². The fourth-order valence-corrected chi connectivity index (χ4v) is 2.82. The van der Waals surface area contributed by atoms with Gasteiger partial charge in [-0.1, -0.05) is 18.1 Å². The quantitative estimate of drug-likeness (QED) is 0.554. The number of hydrogen-bond donors (Lipinski definition) is 4. The number of fused-ring (bicyclic) bond motifs is 1. The van der Waals surface area contributed by atoms with E-state index in [1.54, 1.807) is 35.1 Å². The molecular weight excluding hydrogens is 338 g/mol. The minimum absolute atomic E-state index is 0.214. The average molecular weight is 357 g/mol. The van der Waals surface area contributed by atoms with Crippen LogP contribution in [-0.4, -0.2) is 47.3 Å². The van der Waals surface area contributed by atoms with Gasteiger partial charge in [-0.25, -0.2) is 9.78 Å². The van der Waals surface area contributed by atoms with Crippen molar-refractivity contribution < 1.29 is 15.0 Å². The van der Waals surface area contributed by atoms with Gasteiger partial charge in [0.25, 0.3) is 0 Å². The zero-order valence-electron chi connectivity index (χ0n) is 13.9. The summed E-state index contributed by atoms with van der Waals surface area (Å²) in [6.07, 6.45) is 5.19. The van der Waals surface area contributed by atoms with Crippen LogP contribution in [0, 0.1) is 0 Å². The van der Waals surface area contributed by atoms with Crippen LogP contribution in [0.3, 0.4) is 0 Å². The zero-order chi connectivity index (χ0) is 18.5. The minimum atomic E-state index is -1.33. The van der Waals surface area contributed by atoms with Gasteiger partial charge in [-0.3, -0.25) is 0 Å². The van der Waals surface area contributed by atoms with Crippen LogP contribution in [0.5, 0.6) is 5.75 Å². The van der Waals surface area contributed by atoms with Crippen LogP contribution in [0.25, 0.3) is 16.9 Å². The number of hydrogen-bond acceptors (Lipinski definition) is 7. The predicted octanol–water partition coefficient (Wildman–Crippen LogP) is 1.89. The Balaban J connectivity index is 0.000000447. The number of phenols is 1. The number of amides is 1. The maximum Gasteiger partial charge on any atom is 0.402 e. The number of primary amides is 1. The van der Waals surface area contributed by atoms with Gasteiger partial charge in [0.05, 0.1) is 11.9 Å². The molecule has 0 spiro atoms. The molecule has 1 amide bonds. The first-order valence-electron chi connectivity index (χ1n) is 8.16. The summed E-state index contributed by atoms with van der Waals surface area (Å²) in [5, 5.41) is 28.2. The number of anilines is 1. The molecule has 1 aromatic carbocycles. The van der Waals surface area contributed by atoms with Gasteiger partial charge in [0.15, 0.2) is 11.2 Å².